The third-order valence-electron chi connectivity index (χ3n) is 5.30. The molecule has 0 saturated carbocycles. The molecular formula is C22H21Cl2FN6O3. The molecule has 4 rings (SSSR count). The van der Waals surface area contributed by atoms with Crippen LogP contribution in [0, 0.1) is 5.82 Å². The fourth-order valence-electron chi connectivity index (χ4n) is 3.57. The number of halogens is 3. The van der Waals surface area contributed by atoms with E-state index in [-0.39, 0.29) is 44.1 Å². The monoisotopic (exact) mass is 506 g/mol. The first-order chi connectivity index (χ1) is 16.3. The van der Waals surface area contributed by atoms with Gasteiger partial charge in [0.15, 0.2) is 11.6 Å². The van der Waals surface area contributed by atoms with Gasteiger partial charge in [-0.25, -0.2) is 9.37 Å². The molecule has 1 atom stereocenters. The van der Waals surface area contributed by atoms with Crippen LogP contribution in [0.1, 0.15) is 28.9 Å². The maximum Gasteiger partial charge on any atom is 0.250 e. The summed E-state index contributed by atoms with van der Waals surface area (Å²) >= 11 is 12.3. The number of anilines is 2. The number of hydrogen-bond acceptors (Lipinski definition) is 8. The number of nitrogens with two attached hydrogens (primary N) is 2. The quantitative estimate of drug-likeness (QED) is 0.484. The number of ether oxygens (including phenoxy) is 2. The molecule has 2 aromatic heterocycles. The van der Waals surface area contributed by atoms with E-state index in [9.17, 15) is 9.18 Å². The number of rotatable bonds is 6. The van der Waals surface area contributed by atoms with Crippen molar-refractivity contribution in [2.75, 3.05) is 36.9 Å². The summed E-state index contributed by atoms with van der Waals surface area (Å²) in [4.78, 5) is 18.7. The van der Waals surface area contributed by atoms with Gasteiger partial charge in [-0.2, -0.15) is 0 Å². The molecule has 0 spiro atoms. The zero-order chi connectivity index (χ0) is 24.4. The van der Waals surface area contributed by atoms with Crippen molar-refractivity contribution in [3.05, 3.63) is 57.3 Å². The standard InChI is InChI=1S/C22H21Cl2FN6O3/c1-11(18-13(23)3-4-14(25)19(18)24)34-16-10-15(29-30-21(16)26)20-12(22(27)32)2-5-17(28-20)31-6-8-33-9-7-31/h2-5,10-11H,6-9H2,1H3,(H2,26,30)(H2,27,32). The molecule has 1 amide bonds. The summed E-state index contributed by atoms with van der Waals surface area (Å²) in [5, 5.41) is 8.11. The van der Waals surface area contributed by atoms with Gasteiger partial charge >= 0.3 is 0 Å². The Hall–Kier alpha value is -3.21. The summed E-state index contributed by atoms with van der Waals surface area (Å²) in [6.07, 6.45) is -0.779. The minimum atomic E-state index is -0.779. The van der Waals surface area contributed by atoms with Gasteiger partial charge in [0.2, 0.25) is 0 Å². The molecule has 9 nitrogen and oxygen atoms in total. The lowest BCUT2D eigenvalue weighted by atomic mass is 10.1. The molecule has 1 unspecified atom stereocenters. The molecule has 0 aliphatic carbocycles. The highest BCUT2D eigenvalue weighted by Gasteiger charge is 2.23. The van der Waals surface area contributed by atoms with Gasteiger partial charge in [0.05, 0.1) is 23.8 Å². The first-order valence-corrected chi connectivity index (χ1v) is 11.1. The molecular weight excluding hydrogens is 486 g/mol. The second-order valence-corrected chi connectivity index (χ2v) is 8.31. The van der Waals surface area contributed by atoms with Crippen molar-refractivity contribution in [2.45, 2.75) is 13.0 Å². The Morgan fingerprint density at radius 3 is 2.65 bits per heavy atom. The number of morpholine rings is 1. The van der Waals surface area contributed by atoms with E-state index in [1.165, 1.54) is 18.2 Å². The number of nitrogens with zero attached hydrogens (tertiary/aromatic N) is 4. The van der Waals surface area contributed by atoms with Gasteiger partial charge in [0.1, 0.15) is 29.1 Å². The molecule has 3 aromatic rings. The summed E-state index contributed by atoms with van der Waals surface area (Å²) in [7, 11) is 0. The van der Waals surface area contributed by atoms with Crippen molar-refractivity contribution in [1.82, 2.24) is 15.2 Å². The molecule has 0 bridgehead atoms. The lowest BCUT2D eigenvalue weighted by molar-refractivity contribution is 0.100. The largest absolute Gasteiger partial charge is 0.482 e. The Morgan fingerprint density at radius 2 is 1.94 bits per heavy atom. The number of aromatic nitrogens is 3. The van der Waals surface area contributed by atoms with Crippen LogP contribution in [0.4, 0.5) is 16.0 Å². The molecule has 1 saturated heterocycles. The highest BCUT2D eigenvalue weighted by molar-refractivity contribution is 6.36. The predicted molar refractivity (Wildman–Crippen MR) is 127 cm³/mol. The Kier molecular flexibility index (Phi) is 7.01. The summed E-state index contributed by atoms with van der Waals surface area (Å²) < 4.78 is 25.3. The van der Waals surface area contributed by atoms with E-state index in [1.807, 2.05) is 4.90 Å². The van der Waals surface area contributed by atoms with Crippen LogP contribution in [0.15, 0.2) is 30.3 Å². The van der Waals surface area contributed by atoms with E-state index in [0.29, 0.717) is 32.1 Å². The number of pyridine rings is 1. The van der Waals surface area contributed by atoms with E-state index in [2.05, 4.69) is 15.2 Å². The van der Waals surface area contributed by atoms with Gasteiger partial charge in [-0.1, -0.05) is 23.2 Å². The Balaban J connectivity index is 1.72. The summed E-state index contributed by atoms with van der Waals surface area (Å²) in [5.74, 6) is -0.569. The normalized spacial score (nSPS) is 14.6. The number of amides is 1. The number of benzene rings is 1. The molecule has 12 heteroatoms. The second kappa shape index (κ2) is 9.96. The van der Waals surface area contributed by atoms with Crippen molar-refractivity contribution >= 4 is 40.7 Å². The van der Waals surface area contributed by atoms with E-state index < -0.39 is 17.8 Å². The molecule has 178 valence electrons. The average molecular weight is 507 g/mol. The van der Waals surface area contributed by atoms with Crippen LogP contribution in [-0.4, -0.2) is 47.4 Å². The predicted octanol–water partition coefficient (Wildman–Crippen LogP) is 3.64. The van der Waals surface area contributed by atoms with Crippen molar-refractivity contribution in [1.29, 1.82) is 0 Å². The molecule has 1 aliphatic heterocycles. The van der Waals surface area contributed by atoms with Crippen molar-refractivity contribution in [2.24, 2.45) is 5.73 Å². The number of carbonyl (C=O) groups excluding carboxylic acids is 1. The minimum Gasteiger partial charge on any atom is -0.482 e. The van der Waals surface area contributed by atoms with Crippen LogP contribution in [0.3, 0.4) is 0 Å². The zero-order valence-electron chi connectivity index (χ0n) is 18.1. The van der Waals surface area contributed by atoms with Gasteiger partial charge in [0.25, 0.3) is 5.91 Å². The molecule has 1 aliphatic rings. The third kappa shape index (κ3) is 4.84. The number of nitrogen functional groups attached to an aromatic ring is 1. The molecule has 0 radical (unpaired) electrons. The number of primary amides is 1. The van der Waals surface area contributed by atoms with Gasteiger partial charge in [0, 0.05) is 29.7 Å². The van der Waals surface area contributed by atoms with Crippen molar-refractivity contribution in [3.8, 4) is 17.1 Å². The van der Waals surface area contributed by atoms with Crippen LogP contribution >= 0.6 is 23.2 Å². The molecule has 3 heterocycles. The Bertz CT molecular complexity index is 1240. The van der Waals surface area contributed by atoms with Gasteiger partial charge in [-0.3, -0.25) is 4.79 Å². The average Bonchev–Trinajstić information content (AvgIpc) is 2.83. The summed E-state index contributed by atoms with van der Waals surface area (Å²) in [6.45, 7) is 4.07. The van der Waals surface area contributed by atoms with Gasteiger partial charge < -0.3 is 25.8 Å². The second-order valence-electron chi connectivity index (χ2n) is 7.53. The highest BCUT2D eigenvalue weighted by atomic mass is 35.5. The van der Waals surface area contributed by atoms with Gasteiger partial charge in [-0.05, 0) is 31.2 Å². The van der Waals surface area contributed by atoms with Crippen LogP contribution in [-0.2, 0) is 4.74 Å². The highest BCUT2D eigenvalue weighted by Crippen LogP contribution is 2.37. The smallest absolute Gasteiger partial charge is 0.250 e. The van der Waals surface area contributed by atoms with Crippen LogP contribution in [0.25, 0.3) is 11.4 Å². The lowest BCUT2D eigenvalue weighted by Gasteiger charge is -2.28. The SMILES string of the molecule is CC(Oc1cc(-c2nc(N3CCOCC3)ccc2C(N)=O)nnc1N)c1c(Cl)ccc(F)c1Cl. The topological polar surface area (TPSA) is 129 Å². The van der Waals surface area contributed by atoms with Crippen LogP contribution in [0.2, 0.25) is 10.0 Å². The van der Waals surface area contributed by atoms with Crippen molar-refractivity contribution in [3.63, 3.8) is 0 Å². The number of hydrogen-bond donors (Lipinski definition) is 2. The van der Waals surface area contributed by atoms with E-state index >= 15 is 0 Å². The molecule has 1 fully saturated rings. The first-order valence-electron chi connectivity index (χ1n) is 10.3. The maximum atomic E-state index is 14.0. The Labute approximate surface area is 204 Å². The fraction of sp³-hybridized carbons (Fsp3) is 0.273. The molecule has 4 N–H and O–H groups in total. The first kappa shape index (κ1) is 23.9. The van der Waals surface area contributed by atoms with Crippen molar-refractivity contribution < 1.29 is 18.7 Å². The van der Waals surface area contributed by atoms with Crippen LogP contribution < -0.4 is 21.1 Å². The summed E-state index contributed by atoms with van der Waals surface area (Å²) in [6, 6.07) is 7.34. The van der Waals surface area contributed by atoms with E-state index in [1.54, 1.807) is 19.1 Å². The van der Waals surface area contributed by atoms with Gasteiger partial charge in [-0.15, -0.1) is 10.2 Å². The molecule has 34 heavy (non-hydrogen) atoms. The maximum absolute atomic E-state index is 14.0. The zero-order valence-corrected chi connectivity index (χ0v) is 19.6. The number of carbonyl (C=O) groups is 1. The molecule has 1 aromatic carbocycles. The fourth-order valence-corrected chi connectivity index (χ4v) is 4.25. The third-order valence-corrected chi connectivity index (χ3v) is 6.01. The summed E-state index contributed by atoms with van der Waals surface area (Å²) in [5.41, 5.74) is 12.4. The lowest BCUT2D eigenvalue weighted by Crippen LogP contribution is -2.36. The van der Waals surface area contributed by atoms with E-state index in [4.69, 9.17) is 44.1 Å². The minimum absolute atomic E-state index is 0.0239. The van der Waals surface area contributed by atoms with Crippen LogP contribution in [0.5, 0.6) is 5.75 Å². The van der Waals surface area contributed by atoms with E-state index in [0.717, 1.165) is 0 Å². The Morgan fingerprint density at radius 1 is 1.21 bits per heavy atom.